The van der Waals surface area contributed by atoms with Crippen LogP contribution in [0.5, 0.6) is 0 Å². The predicted octanol–water partition coefficient (Wildman–Crippen LogP) is 3.12. The van der Waals surface area contributed by atoms with Crippen LogP contribution in [0.3, 0.4) is 0 Å². The third-order valence-corrected chi connectivity index (χ3v) is 5.73. The Morgan fingerprint density at radius 1 is 1.15 bits per heavy atom. The molecule has 168 valence electrons. The number of benzene rings is 1. The van der Waals surface area contributed by atoms with Gasteiger partial charge < -0.3 is 16.8 Å². The van der Waals surface area contributed by atoms with E-state index in [-0.39, 0.29) is 47.2 Å². The van der Waals surface area contributed by atoms with E-state index in [2.05, 4.69) is 25.4 Å². The second-order valence-corrected chi connectivity index (χ2v) is 7.93. The Balaban J connectivity index is 1.56. The van der Waals surface area contributed by atoms with E-state index in [0.717, 1.165) is 25.5 Å². The van der Waals surface area contributed by atoms with Crippen LogP contribution in [-0.2, 0) is 11.3 Å². The van der Waals surface area contributed by atoms with Gasteiger partial charge in [-0.1, -0.05) is 24.6 Å². The van der Waals surface area contributed by atoms with Gasteiger partial charge in [-0.25, -0.2) is 28.4 Å². The fourth-order valence-electron chi connectivity index (χ4n) is 3.72. The normalized spacial score (nSPS) is 13.8. The molecule has 4 aromatic rings. The Morgan fingerprint density at radius 3 is 2.55 bits per heavy atom. The second kappa shape index (κ2) is 8.08. The zero-order chi connectivity index (χ0) is 23.1. The van der Waals surface area contributed by atoms with Gasteiger partial charge in [0.1, 0.15) is 23.0 Å². The summed E-state index contributed by atoms with van der Waals surface area (Å²) in [5, 5.41) is 7.47. The standard InChI is InChI=1S/C22H20F2N8O/c23-13-8-14-16(31-32(21(14)27-9-13)10-12-4-1-2-7-15(12)24)20-29-18(25)17(19(26)30-20)28-22(33)11-5-3-6-11/h1-2,4,7-9,11H,3,5-6,10H2,(H,28,33)(H4,25,26,29,30). The van der Waals surface area contributed by atoms with Crippen LogP contribution < -0.4 is 16.8 Å². The number of fused-ring (bicyclic) bond motifs is 1. The second-order valence-electron chi connectivity index (χ2n) is 7.93. The summed E-state index contributed by atoms with van der Waals surface area (Å²) in [6, 6.07) is 7.50. The lowest BCUT2D eigenvalue weighted by Gasteiger charge is -2.24. The third kappa shape index (κ3) is 3.81. The predicted molar refractivity (Wildman–Crippen MR) is 119 cm³/mol. The van der Waals surface area contributed by atoms with Gasteiger partial charge in [-0.3, -0.25) is 4.79 Å². The Labute approximate surface area is 186 Å². The molecule has 1 aromatic carbocycles. The summed E-state index contributed by atoms with van der Waals surface area (Å²) in [4.78, 5) is 24.9. The number of hydrogen-bond donors (Lipinski definition) is 3. The summed E-state index contributed by atoms with van der Waals surface area (Å²) in [5.74, 6) is -1.27. The van der Waals surface area contributed by atoms with Crippen molar-refractivity contribution in [3.05, 3.63) is 53.7 Å². The molecule has 5 rings (SSSR count). The van der Waals surface area contributed by atoms with Gasteiger partial charge in [-0.05, 0) is 25.0 Å². The first kappa shape index (κ1) is 20.7. The summed E-state index contributed by atoms with van der Waals surface area (Å²) >= 11 is 0. The lowest BCUT2D eigenvalue weighted by molar-refractivity contribution is -0.122. The van der Waals surface area contributed by atoms with Crippen LogP contribution in [0, 0.1) is 17.6 Å². The van der Waals surface area contributed by atoms with E-state index in [9.17, 15) is 13.6 Å². The van der Waals surface area contributed by atoms with Crippen molar-refractivity contribution < 1.29 is 13.6 Å². The number of hydrogen-bond acceptors (Lipinski definition) is 7. The molecule has 33 heavy (non-hydrogen) atoms. The zero-order valence-corrected chi connectivity index (χ0v) is 17.4. The van der Waals surface area contributed by atoms with E-state index in [1.165, 1.54) is 16.8 Å². The summed E-state index contributed by atoms with van der Waals surface area (Å²) < 4.78 is 29.6. The van der Waals surface area contributed by atoms with Crippen LogP contribution in [-0.4, -0.2) is 30.6 Å². The maximum Gasteiger partial charge on any atom is 0.227 e. The van der Waals surface area contributed by atoms with E-state index < -0.39 is 11.6 Å². The molecule has 5 N–H and O–H groups in total. The lowest BCUT2D eigenvalue weighted by atomic mass is 9.85. The molecule has 0 radical (unpaired) electrons. The van der Waals surface area contributed by atoms with Gasteiger partial charge >= 0.3 is 0 Å². The topological polar surface area (TPSA) is 138 Å². The number of rotatable bonds is 5. The Bertz CT molecular complexity index is 1360. The molecule has 1 amide bonds. The number of anilines is 3. The zero-order valence-electron chi connectivity index (χ0n) is 17.4. The highest BCUT2D eigenvalue weighted by Gasteiger charge is 2.27. The average molecular weight is 450 g/mol. The molecule has 9 nitrogen and oxygen atoms in total. The Kier molecular flexibility index (Phi) is 5.08. The average Bonchev–Trinajstić information content (AvgIpc) is 3.08. The molecule has 1 aliphatic rings. The molecule has 0 bridgehead atoms. The molecule has 1 aliphatic carbocycles. The Morgan fingerprint density at radius 2 is 1.88 bits per heavy atom. The SMILES string of the molecule is Nc1nc(-c2nn(Cc3ccccc3F)c3ncc(F)cc23)nc(N)c1NC(=O)C1CCC1. The van der Waals surface area contributed by atoms with E-state index in [1.54, 1.807) is 18.2 Å². The number of halogens is 2. The van der Waals surface area contributed by atoms with E-state index >= 15 is 0 Å². The fraction of sp³-hybridized carbons (Fsp3) is 0.227. The number of amides is 1. The van der Waals surface area contributed by atoms with Crippen molar-refractivity contribution in [1.82, 2.24) is 24.7 Å². The maximum atomic E-state index is 14.2. The van der Waals surface area contributed by atoms with Gasteiger partial charge in [0, 0.05) is 11.5 Å². The van der Waals surface area contributed by atoms with Crippen molar-refractivity contribution in [3.8, 4) is 11.5 Å². The molecule has 0 spiro atoms. The molecule has 0 aliphatic heterocycles. The fourth-order valence-corrected chi connectivity index (χ4v) is 3.72. The van der Waals surface area contributed by atoms with Gasteiger partial charge in [-0.2, -0.15) is 5.10 Å². The summed E-state index contributed by atoms with van der Waals surface area (Å²) in [5.41, 5.74) is 13.2. The van der Waals surface area contributed by atoms with Crippen molar-refractivity contribution in [2.75, 3.05) is 16.8 Å². The number of aromatic nitrogens is 5. The summed E-state index contributed by atoms with van der Waals surface area (Å²) in [6.07, 6.45) is 3.68. The van der Waals surface area contributed by atoms with Crippen LogP contribution in [0.4, 0.5) is 26.1 Å². The van der Waals surface area contributed by atoms with E-state index in [1.807, 2.05) is 0 Å². The van der Waals surface area contributed by atoms with Crippen molar-refractivity contribution >= 4 is 34.3 Å². The minimum atomic E-state index is -0.584. The number of carbonyl (C=O) groups excluding carboxylic acids is 1. The van der Waals surface area contributed by atoms with Gasteiger partial charge in [0.2, 0.25) is 5.91 Å². The van der Waals surface area contributed by atoms with Crippen molar-refractivity contribution in [2.45, 2.75) is 25.8 Å². The van der Waals surface area contributed by atoms with Crippen LogP contribution >= 0.6 is 0 Å². The third-order valence-electron chi connectivity index (χ3n) is 5.73. The number of carbonyl (C=O) groups is 1. The van der Waals surface area contributed by atoms with E-state index in [4.69, 9.17) is 11.5 Å². The molecule has 11 heteroatoms. The highest BCUT2D eigenvalue weighted by Crippen LogP contribution is 2.33. The number of nitrogens with zero attached hydrogens (tertiary/aromatic N) is 5. The largest absolute Gasteiger partial charge is 0.382 e. The Hall–Kier alpha value is -4.15. The summed E-state index contributed by atoms with van der Waals surface area (Å²) in [6.45, 7) is 0.0578. The minimum absolute atomic E-state index is 0.0358. The molecule has 1 saturated carbocycles. The molecule has 3 heterocycles. The molecule has 0 unspecified atom stereocenters. The van der Waals surface area contributed by atoms with Crippen molar-refractivity contribution in [3.63, 3.8) is 0 Å². The smallest absolute Gasteiger partial charge is 0.227 e. The van der Waals surface area contributed by atoms with Gasteiger partial charge in [0.25, 0.3) is 0 Å². The number of nitrogens with two attached hydrogens (primary N) is 2. The van der Waals surface area contributed by atoms with Gasteiger partial charge in [-0.15, -0.1) is 0 Å². The monoisotopic (exact) mass is 450 g/mol. The molecular formula is C22H20F2N8O. The first-order valence-corrected chi connectivity index (χ1v) is 10.4. The number of nitrogen functional groups attached to an aromatic ring is 2. The van der Waals surface area contributed by atoms with Crippen LogP contribution in [0.25, 0.3) is 22.6 Å². The first-order valence-electron chi connectivity index (χ1n) is 10.4. The highest BCUT2D eigenvalue weighted by atomic mass is 19.1. The summed E-state index contributed by atoms with van der Waals surface area (Å²) in [7, 11) is 0. The molecule has 0 saturated heterocycles. The van der Waals surface area contributed by atoms with Crippen LogP contribution in [0.15, 0.2) is 36.5 Å². The molecule has 3 aromatic heterocycles. The maximum absolute atomic E-state index is 14.2. The van der Waals surface area contributed by atoms with Gasteiger partial charge in [0.05, 0.1) is 18.1 Å². The van der Waals surface area contributed by atoms with Gasteiger partial charge in [0.15, 0.2) is 23.1 Å². The number of pyridine rings is 1. The van der Waals surface area contributed by atoms with E-state index in [0.29, 0.717) is 16.6 Å². The molecule has 1 fully saturated rings. The lowest BCUT2D eigenvalue weighted by Crippen LogP contribution is -2.29. The quantitative estimate of drug-likeness (QED) is 0.425. The van der Waals surface area contributed by atoms with Crippen molar-refractivity contribution in [2.24, 2.45) is 5.92 Å². The highest BCUT2D eigenvalue weighted by molar-refractivity contribution is 5.99. The molecular weight excluding hydrogens is 430 g/mol. The molecule has 0 atom stereocenters. The van der Waals surface area contributed by atoms with Crippen LogP contribution in [0.2, 0.25) is 0 Å². The first-order chi connectivity index (χ1) is 15.9. The van der Waals surface area contributed by atoms with Crippen LogP contribution in [0.1, 0.15) is 24.8 Å². The minimum Gasteiger partial charge on any atom is -0.382 e. The number of nitrogens with one attached hydrogen (secondary N) is 1. The van der Waals surface area contributed by atoms with Crippen molar-refractivity contribution in [1.29, 1.82) is 0 Å².